The lowest BCUT2D eigenvalue weighted by Gasteiger charge is -2.34. The molecule has 1 saturated heterocycles. The molecule has 1 aliphatic heterocycles. The summed E-state index contributed by atoms with van der Waals surface area (Å²) in [6.07, 6.45) is 0.195. The van der Waals surface area contributed by atoms with E-state index in [1.165, 1.54) is 4.31 Å². The smallest absolute Gasteiger partial charge is 0.342 e. The molecule has 1 aromatic carbocycles. The van der Waals surface area contributed by atoms with Crippen LogP contribution in [-0.4, -0.2) is 58.2 Å². The van der Waals surface area contributed by atoms with Gasteiger partial charge in [-0.15, -0.1) is 0 Å². The number of hydrogen-bond acceptors (Lipinski definition) is 7. The number of rotatable bonds is 7. The summed E-state index contributed by atoms with van der Waals surface area (Å²) in [5.41, 5.74) is 0.974. The van der Waals surface area contributed by atoms with Gasteiger partial charge in [0.1, 0.15) is 12.4 Å². The Hall–Kier alpha value is -1.68. The van der Waals surface area contributed by atoms with Gasteiger partial charge in [0.25, 0.3) is 0 Å². The number of ether oxygens (including phenoxy) is 2. The standard InChI is InChI=1S/C20H31NO7S/c1-14-9-17(25-6)10-15(2)19(14)29(23,24)21-7-8-26-12-16(21)13-27-28-18(22)11-20(3,4)5/h9-10,16H,7-8,11-13H2,1-6H3/t16-/m0/s1. The van der Waals surface area contributed by atoms with Crippen molar-refractivity contribution in [3.63, 3.8) is 0 Å². The Balaban J connectivity index is 2.15. The summed E-state index contributed by atoms with van der Waals surface area (Å²) in [5, 5.41) is 0. The van der Waals surface area contributed by atoms with Crippen LogP contribution in [0.1, 0.15) is 38.3 Å². The zero-order chi connectivity index (χ0) is 21.8. The SMILES string of the molecule is COc1cc(C)c(S(=O)(=O)N2CCOC[C@H]2COOC(=O)CC(C)(C)C)c(C)c1. The zero-order valence-corrected chi connectivity index (χ0v) is 18.8. The predicted octanol–water partition coefficient (Wildman–Crippen LogP) is 2.61. The number of carbonyl (C=O) groups is 1. The number of morpholine rings is 1. The van der Waals surface area contributed by atoms with E-state index >= 15 is 0 Å². The first kappa shape index (κ1) is 23.6. The number of methoxy groups -OCH3 is 1. The molecule has 1 aliphatic rings. The summed E-state index contributed by atoms with van der Waals surface area (Å²) in [4.78, 5) is 22.0. The fraction of sp³-hybridized carbons (Fsp3) is 0.650. The highest BCUT2D eigenvalue weighted by Crippen LogP contribution is 2.30. The number of sulfonamides is 1. The minimum absolute atomic E-state index is 0.108. The van der Waals surface area contributed by atoms with Gasteiger partial charge in [-0.05, 0) is 42.5 Å². The first-order valence-corrected chi connectivity index (χ1v) is 11.0. The summed E-state index contributed by atoms with van der Waals surface area (Å²) in [6, 6.07) is 2.79. The van der Waals surface area contributed by atoms with Gasteiger partial charge >= 0.3 is 5.97 Å². The summed E-state index contributed by atoms with van der Waals surface area (Å²) in [6.45, 7) is 9.75. The van der Waals surface area contributed by atoms with E-state index in [2.05, 4.69) is 0 Å². The van der Waals surface area contributed by atoms with E-state index in [0.717, 1.165) is 0 Å². The van der Waals surface area contributed by atoms with Gasteiger partial charge in [0.05, 0.1) is 37.7 Å². The molecule has 0 bridgehead atoms. The van der Waals surface area contributed by atoms with Gasteiger partial charge in [-0.1, -0.05) is 20.8 Å². The number of carbonyl (C=O) groups excluding carboxylic acids is 1. The fourth-order valence-corrected chi connectivity index (χ4v) is 5.28. The minimum atomic E-state index is -3.80. The number of nitrogens with zero attached hydrogens (tertiary/aromatic N) is 1. The summed E-state index contributed by atoms with van der Waals surface area (Å²) in [5.74, 6) is 0.108. The van der Waals surface area contributed by atoms with Gasteiger partial charge in [0, 0.05) is 6.54 Å². The second-order valence-corrected chi connectivity index (χ2v) is 10.2. The first-order valence-electron chi connectivity index (χ1n) is 9.53. The Morgan fingerprint density at radius 1 is 1.24 bits per heavy atom. The average Bonchev–Trinajstić information content (AvgIpc) is 2.59. The van der Waals surface area contributed by atoms with Gasteiger partial charge in [0.15, 0.2) is 0 Å². The Labute approximate surface area is 173 Å². The van der Waals surface area contributed by atoms with E-state index in [1.807, 2.05) is 20.8 Å². The van der Waals surface area contributed by atoms with Crippen LogP contribution in [0.4, 0.5) is 0 Å². The number of aryl methyl sites for hydroxylation is 2. The zero-order valence-electron chi connectivity index (χ0n) is 18.0. The van der Waals surface area contributed by atoms with Crippen LogP contribution in [-0.2, 0) is 29.3 Å². The van der Waals surface area contributed by atoms with E-state index in [1.54, 1.807) is 33.1 Å². The molecule has 2 rings (SSSR count). The summed E-state index contributed by atoms with van der Waals surface area (Å²) < 4.78 is 38.8. The van der Waals surface area contributed by atoms with Gasteiger partial charge in [0.2, 0.25) is 10.0 Å². The number of benzene rings is 1. The molecule has 0 unspecified atom stereocenters. The van der Waals surface area contributed by atoms with Crippen molar-refractivity contribution >= 4 is 16.0 Å². The Kier molecular flexibility index (Phi) is 7.67. The van der Waals surface area contributed by atoms with Gasteiger partial charge in [-0.25, -0.2) is 13.2 Å². The van der Waals surface area contributed by atoms with Crippen LogP contribution >= 0.6 is 0 Å². The Bertz CT molecular complexity index is 807. The van der Waals surface area contributed by atoms with E-state index in [4.69, 9.17) is 19.2 Å². The molecule has 0 saturated carbocycles. The lowest BCUT2D eigenvalue weighted by Crippen LogP contribution is -2.51. The monoisotopic (exact) mass is 429 g/mol. The van der Waals surface area contributed by atoms with Gasteiger partial charge < -0.3 is 9.47 Å². The summed E-state index contributed by atoms with van der Waals surface area (Å²) >= 11 is 0. The second kappa shape index (κ2) is 9.42. The van der Waals surface area contributed by atoms with Crippen molar-refractivity contribution in [2.75, 3.05) is 33.5 Å². The first-order chi connectivity index (χ1) is 13.5. The summed E-state index contributed by atoms with van der Waals surface area (Å²) in [7, 11) is -2.26. The third-order valence-corrected chi connectivity index (χ3v) is 6.75. The van der Waals surface area contributed by atoms with Crippen LogP contribution in [0.2, 0.25) is 0 Å². The van der Waals surface area contributed by atoms with Crippen molar-refractivity contribution in [1.82, 2.24) is 4.31 Å². The molecule has 0 radical (unpaired) electrons. The molecule has 1 aromatic rings. The quantitative estimate of drug-likeness (QED) is 0.486. The molecule has 0 N–H and O–H groups in total. The fourth-order valence-electron chi connectivity index (χ4n) is 3.28. The van der Waals surface area contributed by atoms with Crippen molar-refractivity contribution in [3.8, 4) is 5.75 Å². The molecular formula is C20H31NO7S. The van der Waals surface area contributed by atoms with E-state index in [0.29, 0.717) is 16.9 Å². The van der Waals surface area contributed by atoms with Crippen LogP contribution in [0.3, 0.4) is 0 Å². The Morgan fingerprint density at radius 3 is 2.41 bits per heavy atom. The molecule has 0 aromatic heterocycles. The molecule has 1 fully saturated rings. The molecule has 29 heavy (non-hydrogen) atoms. The highest BCUT2D eigenvalue weighted by atomic mass is 32.2. The maximum absolute atomic E-state index is 13.4. The van der Waals surface area contributed by atoms with Crippen molar-refractivity contribution in [2.24, 2.45) is 5.41 Å². The maximum Gasteiger partial charge on any atom is 0.342 e. The van der Waals surface area contributed by atoms with Gasteiger partial charge in [-0.2, -0.15) is 9.19 Å². The van der Waals surface area contributed by atoms with Crippen molar-refractivity contribution in [2.45, 2.75) is 52.0 Å². The third kappa shape index (κ3) is 6.15. The number of hydrogen-bond donors (Lipinski definition) is 0. The normalized spacial score (nSPS) is 18.5. The van der Waals surface area contributed by atoms with Crippen LogP contribution in [0, 0.1) is 19.3 Å². The second-order valence-electron chi connectivity index (χ2n) is 8.41. The lowest BCUT2D eigenvalue weighted by atomic mass is 9.93. The molecular weight excluding hydrogens is 398 g/mol. The molecule has 0 amide bonds. The molecule has 164 valence electrons. The molecule has 8 nitrogen and oxygen atoms in total. The molecule has 9 heteroatoms. The van der Waals surface area contributed by atoms with Crippen LogP contribution < -0.4 is 4.74 Å². The topological polar surface area (TPSA) is 91.4 Å². The van der Waals surface area contributed by atoms with Gasteiger partial charge in [-0.3, -0.25) is 4.89 Å². The van der Waals surface area contributed by atoms with Crippen molar-refractivity contribution in [1.29, 1.82) is 0 Å². The molecule has 0 spiro atoms. The van der Waals surface area contributed by atoms with Crippen LogP contribution in [0.5, 0.6) is 5.75 Å². The minimum Gasteiger partial charge on any atom is -0.497 e. The molecule has 1 atom stereocenters. The van der Waals surface area contributed by atoms with Crippen LogP contribution in [0.25, 0.3) is 0 Å². The van der Waals surface area contributed by atoms with E-state index in [9.17, 15) is 13.2 Å². The van der Waals surface area contributed by atoms with Crippen molar-refractivity contribution in [3.05, 3.63) is 23.3 Å². The van der Waals surface area contributed by atoms with Crippen molar-refractivity contribution < 1.29 is 32.5 Å². The lowest BCUT2D eigenvalue weighted by molar-refractivity contribution is -0.280. The van der Waals surface area contributed by atoms with E-state index < -0.39 is 22.0 Å². The predicted molar refractivity (Wildman–Crippen MR) is 107 cm³/mol. The highest BCUT2D eigenvalue weighted by Gasteiger charge is 2.36. The van der Waals surface area contributed by atoms with Crippen LogP contribution in [0.15, 0.2) is 17.0 Å². The molecule has 0 aliphatic carbocycles. The Morgan fingerprint density at radius 2 is 1.86 bits per heavy atom. The average molecular weight is 430 g/mol. The van der Waals surface area contributed by atoms with E-state index in [-0.39, 0.29) is 43.1 Å². The third-order valence-electron chi connectivity index (χ3n) is 4.50. The highest BCUT2D eigenvalue weighted by molar-refractivity contribution is 7.89. The maximum atomic E-state index is 13.4. The largest absolute Gasteiger partial charge is 0.497 e. The molecule has 1 heterocycles.